The van der Waals surface area contributed by atoms with Crippen molar-refractivity contribution in [3.8, 4) is 0 Å². The number of esters is 1. The summed E-state index contributed by atoms with van der Waals surface area (Å²) in [5, 5.41) is 4.17. The summed E-state index contributed by atoms with van der Waals surface area (Å²) in [6.07, 6.45) is 1.12. The van der Waals surface area contributed by atoms with Crippen LogP contribution in [0.1, 0.15) is 37.6 Å². The number of hydrogen-bond donors (Lipinski definition) is 1. The van der Waals surface area contributed by atoms with Crippen molar-refractivity contribution in [2.75, 3.05) is 11.1 Å². The fraction of sp³-hybridized carbons (Fsp3) is 0.533. The molecule has 1 aromatic carbocycles. The molecule has 4 heteroatoms. The summed E-state index contributed by atoms with van der Waals surface area (Å²) < 4.78 is 5.16. The molecule has 1 fully saturated rings. The standard InChI is InChI=1S/C15H21NO2S/c1-10(2)18-15(17)12-4-6-13(7-5-12)16-14-8-9-19-11(14)3/h4-7,10-11,14,16H,8-9H2,1-3H3. The zero-order valence-electron chi connectivity index (χ0n) is 11.7. The molecule has 0 aromatic heterocycles. The average molecular weight is 279 g/mol. The molecule has 0 radical (unpaired) electrons. The number of benzene rings is 1. The molecule has 0 aliphatic carbocycles. The Labute approximate surface area is 119 Å². The van der Waals surface area contributed by atoms with E-state index in [0.29, 0.717) is 16.9 Å². The van der Waals surface area contributed by atoms with E-state index in [1.54, 1.807) is 0 Å². The van der Waals surface area contributed by atoms with Gasteiger partial charge in [0.15, 0.2) is 0 Å². The van der Waals surface area contributed by atoms with E-state index in [1.165, 1.54) is 12.2 Å². The van der Waals surface area contributed by atoms with Gasteiger partial charge in [0.1, 0.15) is 0 Å². The van der Waals surface area contributed by atoms with E-state index in [1.807, 2.05) is 49.9 Å². The Balaban J connectivity index is 1.96. The first-order chi connectivity index (χ1) is 9.06. The van der Waals surface area contributed by atoms with E-state index in [-0.39, 0.29) is 12.1 Å². The number of carbonyl (C=O) groups excluding carboxylic acids is 1. The van der Waals surface area contributed by atoms with Crippen molar-refractivity contribution in [2.24, 2.45) is 0 Å². The van der Waals surface area contributed by atoms with Gasteiger partial charge in [-0.15, -0.1) is 0 Å². The van der Waals surface area contributed by atoms with Crippen molar-refractivity contribution in [1.29, 1.82) is 0 Å². The van der Waals surface area contributed by atoms with Crippen LogP contribution in [0.4, 0.5) is 5.69 Å². The van der Waals surface area contributed by atoms with Crippen LogP contribution >= 0.6 is 11.8 Å². The number of hydrogen-bond acceptors (Lipinski definition) is 4. The van der Waals surface area contributed by atoms with Crippen LogP contribution in [0, 0.1) is 0 Å². The lowest BCUT2D eigenvalue weighted by molar-refractivity contribution is 0.0378. The van der Waals surface area contributed by atoms with Crippen molar-refractivity contribution in [3.05, 3.63) is 29.8 Å². The highest BCUT2D eigenvalue weighted by Gasteiger charge is 2.23. The monoisotopic (exact) mass is 279 g/mol. The van der Waals surface area contributed by atoms with Crippen molar-refractivity contribution < 1.29 is 9.53 Å². The molecule has 2 rings (SSSR count). The Morgan fingerprint density at radius 2 is 2.05 bits per heavy atom. The number of thioether (sulfide) groups is 1. The van der Waals surface area contributed by atoms with Crippen LogP contribution in [0.15, 0.2) is 24.3 Å². The minimum Gasteiger partial charge on any atom is -0.459 e. The highest BCUT2D eigenvalue weighted by Crippen LogP contribution is 2.28. The number of nitrogens with one attached hydrogen (secondary N) is 1. The minimum atomic E-state index is -0.258. The first-order valence-electron chi connectivity index (χ1n) is 6.75. The number of carbonyl (C=O) groups is 1. The molecule has 104 valence electrons. The van der Waals surface area contributed by atoms with Crippen LogP contribution in [-0.2, 0) is 4.74 Å². The molecule has 0 bridgehead atoms. The lowest BCUT2D eigenvalue weighted by atomic mass is 10.1. The predicted octanol–water partition coefficient (Wildman–Crippen LogP) is 3.56. The first-order valence-corrected chi connectivity index (χ1v) is 7.80. The Kier molecular flexibility index (Phi) is 4.75. The van der Waals surface area contributed by atoms with Crippen LogP contribution in [-0.4, -0.2) is 29.1 Å². The Bertz CT molecular complexity index is 430. The summed E-state index contributed by atoms with van der Waals surface area (Å²) in [5.74, 6) is 0.962. The maximum Gasteiger partial charge on any atom is 0.338 e. The van der Waals surface area contributed by atoms with Gasteiger partial charge < -0.3 is 10.1 Å². The summed E-state index contributed by atoms with van der Waals surface area (Å²) in [5.41, 5.74) is 1.67. The van der Waals surface area contributed by atoms with Gasteiger partial charge in [0, 0.05) is 17.0 Å². The second-order valence-corrected chi connectivity index (χ2v) is 6.63. The predicted molar refractivity (Wildman–Crippen MR) is 80.9 cm³/mol. The zero-order chi connectivity index (χ0) is 13.8. The third-order valence-electron chi connectivity index (χ3n) is 3.19. The van der Waals surface area contributed by atoms with Crippen LogP contribution in [0.2, 0.25) is 0 Å². The smallest absolute Gasteiger partial charge is 0.338 e. The largest absolute Gasteiger partial charge is 0.459 e. The molecule has 1 saturated heterocycles. The topological polar surface area (TPSA) is 38.3 Å². The van der Waals surface area contributed by atoms with Gasteiger partial charge in [-0.2, -0.15) is 11.8 Å². The Morgan fingerprint density at radius 1 is 1.37 bits per heavy atom. The van der Waals surface area contributed by atoms with Gasteiger partial charge in [-0.1, -0.05) is 6.92 Å². The SMILES string of the molecule is CC(C)OC(=O)c1ccc(NC2CCSC2C)cc1. The molecule has 3 nitrogen and oxygen atoms in total. The molecule has 1 heterocycles. The molecule has 2 unspecified atom stereocenters. The van der Waals surface area contributed by atoms with Crippen molar-refractivity contribution in [1.82, 2.24) is 0 Å². The Hall–Kier alpha value is -1.16. The first kappa shape index (κ1) is 14.3. The number of rotatable bonds is 4. The third kappa shape index (κ3) is 3.90. The van der Waals surface area contributed by atoms with E-state index in [9.17, 15) is 4.79 Å². The molecule has 1 aromatic rings. The molecular formula is C15H21NO2S. The molecule has 0 amide bonds. The van der Waals surface area contributed by atoms with E-state index >= 15 is 0 Å². The lowest BCUT2D eigenvalue weighted by Gasteiger charge is -2.18. The molecular weight excluding hydrogens is 258 g/mol. The number of anilines is 1. The average Bonchev–Trinajstić information content (AvgIpc) is 2.75. The quantitative estimate of drug-likeness (QED) is 0.855. The van der Waals surface area contributed by atoms with Crippen LogP contribution in [0.3, 0.4) is 0 Å². The van der Waals surface area contributed by atoms with Gasteiger partial charge in [0.05, 0.1) is 11.7 Å². The van der Waals surface area contributed by atoms with Gasteiger partial charge in [-0.05, 0) is 50.3 Å². The second-order valence-electron chi connectivity index (χ2n) is 5.15. The summed E-state index contributed by atoms with van der Waals surface area (Å²) in [6, 6.07) is 8.07. The minimum absolute atomic E-state index is 0.0818. The van der Waals surface area contributed by atoms with Crippen LogP contribution < -0.4 is 5.32 Å². The molecule has 1 aliphatic rings. The number of ether oxygens (including phenoxy) is 1. The molecule has 0 saturated carbocycles. The zero-order valence-corrected chi connectivity index (χ0v) is 12.5. The van der Waals surface area contributed by atoms with E-state index in [0.717, 1.165) is 5.69 Å². The van der Waals surface area contributed by atoms with Gasteiger partial charge in [0.25, 0.3) is 0 Å². The normalized spacial score (nSPS) is 22.5. The molecule has 2 atom stereocenters. The molecule has 1 N–H and O–H groups in total. The van der Waals surface area contributed by atoms with E-state index < -0.39 is 0 Å². The highest BCUT2D eigenvalue weighted by atomic mass is 32.2. The maximum atomic E-state index is 11.7. The molecule has 1 aliphatic heterocycles. The maximum absolute atomic E-state index is 11.7. The Morgan fingerprint density at radius 3 is 2.58 bits per heavy atom. The summed E-state index contributed by atoms with van der Waals surface area (Å²) in [7, 11) is 0. The van der Waals surface area contributed by atoms with Crippen molar-refractivity contribution in [2.45, 2.75) is 44.6 Å². The summed E-state index contributed by atoms with van der Waals surface area (Å²) in [6.45, 7) is 5.96. The highest BCUT2D eigenvalue weighted by molar-refractivity contribution is 8.00. The lowest BCUT2D eigenvalue weighted by Crippen LogP contribution is -2.24. The fourth-order valence-electron chi connectivity index (χ4n) is 2.12. The fourth-order valence-corrected chi connectivity index (χ4v) is 3.32. The van der Waals surface area contributed by atoms with E-state index in [4.69, 9.17) is 4.74 Å². The molecule has 0 spiro atoms. The molecule has 19 heavy (non-hydrogen) atoms. The van der Waals surface area contributed by atoms with Crippen molar-refractivity contribution >= 4 is 23.4 Å². The summed E-state index contributed by atoms with van der Waals surface area (Å²) in [4.78, 5) is 11.7. The second kappa shape index (κ2) is 6.33. The van der Waals surface area contributed by atoms with E-state index in [2.05, 4.69) is 12.2 Å². The summed E-state index contributed by atoms with van der Waals surface area (Å²) >= 11 is 2.00. The van der Waals surface area contributed by atoms with Gasteiger partial charge in [-0.25, -0.2) is 4.79 Å². The van der Waals surface area contributed by atoms with Gasteiger partial charge >= 0.3 is 5.97 Å². The van der Waals surface area contributed by atoms with Crippen LogP contribution in [0.25, 0.3) is 0 Å². The van der Waals surface area contributed by atoms with Gasteiger partial charge in [-0.3, -0.25) is 0 Å². The van der Waals surface area contributed by atoms with Crippen LogP contribution in [0.5, 0.6) is 0 Å². The third-order valence-corrected chi connectivity index (χ3v) is 4.52. The van der Waals surface area contributed by atoms with Gasteiger partial charge in [0.2, 0.25) is 0 Å². The van der Waals surface area contributed by atoms with Crippen molar-refractivity contribution in [3.63, 3.8) is 0 Å².